The third-order valence-corrected chi connectivity index (χ3v) is 1.47. The van der Waals surface area contributed by atoms with Crippen molar-refractivity contribution in [1.82, 2.24) is 0 Å². The quantitative estimate of drug-likeness (QED) is 0.354. The molecule has 0 atom stereocenters. The van der Waals surface area contributed by atoms with Crippen molar-refractivity contribution in [1.29, 1.82) is 0 Å². The van der Waals surface area contributed by atoms with E-state index in [1.165, 1.54) is 12.5 Å². The van der Waals surface area contributed by atoms with Gasteiger partial charge >= 0.3 is 5.97 Å². The predicted molar refractivity (Wildman–Crippen MR) is 45.3 cm³/mol. The first kappa shape index (κ1) is 10.2. The lowest BCUT2D eigenvalue weighted by molar-refractivity contribution is -0.140. The van der Waals surface area contributed by atoms with E-state index < -0.39 is 0 Å². The van der Waals surface area contributed by atoms with Crippen LogP contribution in [0.2, 0.25) is 0 Å². The van der Waals surface area contributed by atoms with Crippen LogP contribution in [-0.4, -0.2) is 12.6 Å². The van der Waals surface area contributed by atoms with Gasteiger partial charge < -0.3 is 4.74 Å². The lowest BCUT2D eigenvalue weighted by atomic mass is 10.2. The summed E-state index contributed by atoms with van der Waals surface area (Å²) in [5, 5.41) is 0. The summed E-state index contributed by atoms with van der Waals surface area (Å²) in [6.45, 7) is 6.12. The Morgan fingerprint density at radius 1 is 1.45 bits per heavy atom. The summed E-state index contributed by atoms with van der Waals surface area (Å²) in [7, 11) is 0. The van der Waals surface area contributed by atoms with Crippen molar-refractivity contribution in [2.24, 2.45) is 0 Å². The van der Waals surface area contributed by atoms with Crippen LogP contribution in [0.4, 0.5) is 0 Å². The highest BCUT2D eigenvalue weighted by Gasteiger charge is 1.89. The molecule has 0 spiro atoms. The smallest absolute Gasteiger partial charge is 0.302 e. The highest BCUT2D eigenvalue weighted by molar-refractivity contribution is 5.65. The summed E-state index contributed by atoms with van der Waals surface area (Å²) < 4.78 is 4.75. The van der Waals surface area contributed by atoms with Gasteiger partial charge in [-0.15, -0.1) is 0 Å². The van der Waals surface area contributed by atoms with Gasteiger partial charge in [-0.1, -0.05) is 18.6 Å². The molecule has 2 nitrogen and oxygen atoms in total. The third-order valence-electron chi connectivity index (χ3n) is 1.47. The van der Waals surface area contributed by atoms with E-state index in [4.69, 9.17) is 4.74 Å². The van der Waals surface area contributed by atoms with E-state index in [0.717, 1.165) is 12.8 Å². The summed E-state index contributed by atoms with van der Waals surface area (Å²) >= 11 is 0. The van der Waals surface area contributed by atoms with Gasteiger partial charge in [0.1, 0.15) is 0 Å². The number of ether oxygens (including phenoxy) is 1. The molecule has 0 heterocycles. The van der Waals surface area contributed by atoms with E-state index >= 15 is 0 Å². The molecule has 0 aliphatic rings. The van der Waals surface area contributed by atoms with E-state index in [-0.39, 0.29) is 5.97 Å². The molecule has 0 bridgehead atoms. The van der Waals surface area contributed by atoms with Crippen LogP contribution in [-0.2, 0) is 9.53 Å². The standard InChI is InChI=1S/C9H16O2/c1-4-8(2)6-5-7-11-9(3)10/h6H,4-5,7H2,1-3H3. The second-order valence-corrected chi connectivity index (χ2v) is 2.53. The van der Waals surface area contributed by atoms with Crippen LogP contribution in [0.15, 0.2) is 11.6 Å². The van der Waals surface area contributed by atoms with Crippen LogP contribution >= 0.6 is 0 Å². The van der Waals surface area contributed by atoms with Gasteiger partial charge in [0.05, 0.1) is 6.61 Å². The lowest BCUT2D eigenvalue weighted by Gasteiger charge is -1.98. The second kappa shape index (κ2) is 5.96. The number of hydrogen-bond acceptors (Lipinski definition) is 2. The summed E-state index contributed by atoms with van der Waals surface area (Å²) in [4.78, 5) is 10.3. The molecule has 0 aromatic carbocycles. The van der Waals surface area contributed by atoms with Crippen LogP contribution in [0.25, 0.3) is 0 Å². The average molecular weight is 156 g/mol. The van der Waals surface area contributed by atoms with Crippen molar-refractivity contribution in [2.45, 2.75) is 33.6 Å². The zero-order valence-corrected chi connectivity index (χ0v) is 7.52. The molecule has 0 amide bonds. The Kier molecular flexibility index (Phi) is 5.53. The maximum atomic E-state index is 10.3. The Hall–Kier alpha value is -0.790. The largest absolute Gasteiger partial charge is 0.466 e. The highest BCUT2D eigenvalue weighted by atomic mass is 16.5. The molecule has 0 unspecified atom stereocenters. The first-order valence-electron chi connectivity index (χ1n) is 3.95. The van der Waals surface area contributed by atoms with Crippen LogP contribution in [0.1, 0.15) is 33.6 Å². The second-order valence-electron chi connectivity index (χ2n) is 2.53. The van der Waals surface area contributed by atoms with E-state index in [2.05, 4.69) is 19.9 Å². The number of allylic oxidation sites excluding steroid dienone is 1. The molecule has 0 aliphatic carbocycles. The molecule has 0 saturated heterocycles. The van der Waals surface area contributed by atoms with Gasteiger partial charge in [0.15, 0.2) is 0 Å². The topological polar surface area (TPSA) is 26.3 Å². The van der Waals surface area contributed by atoms with Crippen molar-refractivity contribution in [2.75, 3.05) is 6.61 Å². The fourth-order valence-electron chi connectivity index (χ4n) is 0.652. The third kappa shape index (κ3) is 7.10. The van der Waals surface area contributed by atoms with E-state index in [9.17, 15) is 4.79 Å². The number of carbonyl (C=O) groups excluding carboxylic acids is 1. The van der Waals surface area contributed by atoms with E-state index in [1.54, 1.807) is 0 Å². The Labute approximate surface area is 68.2 Å². The molecule has 0 saturated carbocycles. The first-order valence-corrected chi connectivity index (χ1v) is 3.95. The van der Waals surface area contributed by atoms with Crippen molar-refractivity contribution in [3.8, 4) is 0 Å². The van der Waals surface area contributed by atoms with Gasteiger partial charge in [-0.25, -0.2) is 0 Å². The predicted octanol–water partition coefficient (Wildman–Crippen LogP) is 2.30. The van der Waals surface area contributed by atoms with Gasteiger partial charge in [0.2, 0.25) is 0 Å². The van der Waals surface area contributed by atoms with Crippen LogP contribution in [0, 0.1) is 0 Å². The zero-order chi connectivity index (χ0) is 8.69. The molecule has 0 aromatic rings. The van der Waals surface area contributed by atoms with Gasteiger partial charge in [0.25, 0.3) is 0 Å². The lowest BCUT2D eigenvalue weighted by Crippen LogP contribution is -1.99. The van der Waals surface area contributed by atoms with Crippen LogP contribution < -0.4 is 0 Å². The minimum atomic E-state index is -0.201. The van der Waals surface area contributed by atoms with Crippen molar-refractivity contribution in [3.05, 3.63) is 11.6 Å². The summed E-state index contributed by atoms with van der Waals surface area (Å²) in [5.74, 6) is -0.201. The molecule has 0 rings (SSSR count). The number of rotatable bonds is 4. The molecular weight excluding hydrogens is 140 g/mol. The molecule has 0 N–H and O–H groups in total. The number of carbonyl (C=O) groups is 1. The van der Waals surface area contributed by atoms with Gasteiger partial charge in [-0.05, 0) is 19.8 Å². The number of hydrogen-bond donors (Lipinski definition) is 0. The SMILES string of the molecule is CCC(C)=CCCOC(C)=O. The molecular formula is C9H16O2. The Bertz CT molecular complexity index is 148. The highest BCUT2D eigenvalue weighted by Crippen LogP contribution is 1.99. The summed E-state index contributed by atoms with van der Waals surface area (Å²) in [6.07, 6.45) is 4.00. The fraction of sp³-hybridized carbons (Fsp3) is 0.667. The van der Waals surface area contributed by atoms with Crippen molar-refractivity contribution < 1.29 is 9.53 Å². The van der Waals surface area contributed by atoms with E-state index in [1.807, 2.05) is 0 Å². The normalized spacial score (nSPS) is 11.4. The van der Waals surface area contributed by atoms with E-state index in [0.29, 0.717) is 6.61 Å². The first-order chi connectivity index (χ1) is 5.16. The van der Waals surface area contributed by atoms with Crippen molar-refractivity contribution >= 4 is 5.97 Å². The van der Waals surface area contributed by atoms with Crippen LogP contribution in [0.5, 0.6) is 0 Å². The Balaban J connectivity index is 3.33. The molecule has 64 valence electrons. The molecule has 0 aliphatic heterocycles. The summed E-state index contributed by atoms with van der Waals surface area (Å²) in [5.41, 5.74) is 1.34. The maximum absolute atomic E-state index is 10.3. The zero-order valence-electron chi connectivity index (χ0n) is 7.52. The molecule has 0 radical (unpaired) electrons. The van der Waals surface area contributed by atoms with Crippen LogP contribution in [0.3, 0.4) is 0 Å². The molecule has 0 aromatic heterocycles. The molecule has 0 fully saturated rings. The van der Waals surface area contributed by atoms with Crippen molar-refractivity contribution in [3.63, 3.8) is 0 Å². The van der Waals surface area contributed by atoms with Gasteiger partial charge in [-0.2, -0.15) is 0 Å². The Morgan fingerprint density at radius 2 is 2.09 bits per heavy atom. The monoisotopic (exact) mass is 156 g/mol. The fourth-order valence-corrected chi connectivity index (χ4v) is 0.652. The van der Waals surface area contributed by atoms with Gasteiger partial charge in [0, 0.05) is 6.92 Å². The maximum Gasteiger partial charge on any atom is 0.302 e. The number of esters is 1. The average Bonchev–Trinajstić information content (AvgIpc) is 1.97. The van der Waals surface area contributed by atoms with Gasteiger partial charge in [-0.3, -0.25) is 4.79 Å². The minimum Gasteiger partial charge on any atom is -0.466 e. The minimum absolute atomic E-state index is 0.201. The summed E-state index contributed by atoms with van der Waals surface area (Å²) in [6, 6.07) is 0. The molecule has 2 heteroatoms. The molecule has 11 heavy (non-hydrogen) atoms. The Morgan fingerprint density at radius 3 is 2.55 bits per heavy atom.